The first-order valence-electron chi connectivity index (χ1n) is 5.87. The molecule has 4 nitrogen and oxygen atoms in total. The fraction of sp³-hybridized carbons (Fsp3) is 0.833. The Labute approximate surface area is 96.0 Å². The van der Waals surface area contributed by atoms with E-state index in [4.69, 9.17) is 10.00 Å². The van der Waals surface area contributed by atoms with E-state index in [1.54, 1.807) is 0 Å². The number of rotatable bonds is 3. The van der Waals surface area contributed by atoms with Crippen LogP contribution in [0.2, 0.25) is 0 Å². The maximum Gasteiger partial charge on any atom is 0.311 e. The third-order valence-electron chi connectivity index (χ3n) is 4.56. The third-order valence-corrected chi connectivity index (χ3v) is 4.56. The predicted molar refractivity (Wildman–Crippen MR) is 58.2 cm³/mol. The van der Waals surface area contributed by atoms with Crippen LogP contribution in [0.15, 0.2) is 0 Å². The van der Waals surface area contributed by atoms with Crippen LogP contribution < -0.4 is 5.32 Å². The Morgan fingerprint density at radius 1 is 1.31 bits per heavy atom. The van der Waals surface area contributed by atoms with E-state index in [2.05, 4.69) is 5.32 Å². The van der Waals surface area contributed by atoms with Gasteiger partial charge in [0.05, 0.1) is 12.5 Å². The van der Waals surface area contributed by atoms with Gasteiger partial charge >= 0.3 is 5.97 Å². The molecular weight excluding hydrogens is 204 g/mol. The zero-order valence-corrected chi connectivity index (χ0v) is 9.71. The van der Waals surface area contributed by atoms with Gasteiger partial charge in [0.2, 0.25) is 0 Å². The molecule has 3 aliphatic carbocycles. The molecule has 4 heteroatoms. The van der Waals surface area contributed by atoms with E-state index in [1.165, 1.54) is 7.11 Å². The number of fused-ring (bicyclic) bond motifs is 3. The van der Waals surface area contributed by atoms with Crippen LogP contribution in [0, 0.1) is 22.3 Å². The van der Waals surface area contributed by atoms with Gasteiger partial charge in [-0.2, -0.15) is 5.26 Å². The van der Waals surface area contributed by atoms with Gasteiger partial charge in [-0.1, -0.05) is 0 Å². The van der Waals surface area contributed by atoms with Crippen molar-refractivity contribution in [2.75, 3.05) is 13.7 Å². The number of carbonyl (C=O) groups excluding carboxylic acids is 1. The van der Waals surface area contributed by atoms with Crippen LogP contribution in [-0.2, 0) is 9.53 Å². The number of nitriles is 1. The predicted octanol–water partition coefficient (Wildman–Crippen LogP) is 1.57. The minimum Gasteiger partial charge on any atom is -0.469 e. The summed E-state index contributed by atoms with van der Waals surface area (Å²) in [6.07, 6.45) is 7.88. The van der Waals surface area contributed by atoms with Gasteiger partial charge < -0.3 is 10.1 Å². The number of hydrogen-bond donors (Lipinski definition) is 1. The summed E-state index contributed by atoms with van der Waals surface area (Å²) in [5.74, 6) is -0.0333. The van der Waals surface area contributed by atoms with E-state index in [1.807, 2.05) is 6.19 Å². The van der Waals surface area contributed by atoms with Gasteiger partial charge in [-0.3, -0.25) is 4.79 Å². The van der Waals surface area contributed by atoms with Gasteiger partial charge in [0, 0.05) is 6.54 Å². The molecule has 16 heavy (non-hydrogen) atoms. The van der Waals surface area contributed by atoms with Crippen LogP contribution in [0.3, 0.4) is 0 Å². The van der Waals surface area contributed by atoms with E-state index in [0.29, 0.717) is 0 Å². The second-order valence-corrected chi connectivity index (χ2v) is 5.24. The molecule has 0 aromatic rings. The average molecular weight is 222 g/mol. The highest BCUT2D eigenvalue weighted by atomic mass is 16.5. The first-order valence-corrected chi connectivity index (χ1v) is 5.87. The van der Waals surface area contributed by atoms with E-state index in [9.17, 15) is 4.79 Å². The summed E-state index contributed by atoms with van der Waals surface area (Å²) >= 11 is 0. The molecule has 0 saturated heterocycles. The van der Waals surface area contributed by atoms with Crippen LogP contribution in [0.25, 0.3) is 0 Å². The highest BCUT2D eigenvalue weighted by Gasteiger charge is 2.52. The van der Waals surface area contributed by atoms with Crippen molar-refractivity contribution in [3.05, 3.63) is 0 Å². The first kappa shape index (κ1) is 11.3. The van der Waals surface area contributed by atoms with E-state index in [-0.39, 0.29) is 16.8 Å². The van der Waals surface area contributed by atoms with Crippen molar-refractivity contribution in [3.63, 3.8) is 0 Å². The lowest BCUT2D eigenvalue weighted by Crippen LogP contribution is -2.49. The Hall–Kier alpha value is -1.24. The van der Waals surface area contributed by atoms with Crippen LogP contribution in [0.4, 0.5) is 0 Å². The standard InChI is InChI=1S/C12H18N2O2/c1-16-10(15)12-5-2-11(3-6-12,4-7-12)8-14-9-13/h14H,2-8H2,1H3. The van der Waals surface area contributed by atoms with E-state index >= 15 is 0 Å². The fourth-order valence-corrected chi connectivity index (χ4v) is 3.28. The van der Waals surface area contributed by atoms with Crippen molar-refractivity contribution in [1.82, 2.24) is 5.32 Å². The molecule has 0 aromatic heterocycles. The molecule has 0 atom stereocenters. The largest absolute Gasteiger partial charge is 0.469 e. The van der Waals surface area contributed by atoms with Crippen LogP contribution in [-0.4, -0.2) is 19.6 Å². The van der Waals surface area contributed by atoms with Crippen LogP contribution in [0.5, 0.6) is 0 Å². The topological polar surface area (TPSA) is 62.1 Å². The molecule has 0 heterocycles. The van der Waals surface area contributed by atoms with Crippen molar-refractivity contribution in [1.29, 1.82) is 5.26 Å². The van der Waals surface area contributed by atoms with Gasteiger partial charge in [-0.15, -0.1) is 0 Å². The molecule has 0 aromatic carbocycles. The summed E-state index contributed by atoms with van der Waals surface area (Å²) in [5.41, 5.74) is 0.0502. The van der Waals surface area contributed by atoms with Crippen molar-refractivity contribution in [2.24, 2.45) is 10.8 Å². The van der Waals surface area contributed by atoms with Crippen molar-refractivity contribution < 1.29 is 9.53 Å². The summed E-state index contributed by atoms with van der Waals surface area (Å²) in [4.78, 5) is 11.8. The number of nitrogens with one attached hydrogen (secondary N) is 1. The summed E-state index contributed by atoms with van der Waals surface area (Å²) in [7, 11) is 1.48. The maximum absolute atomic E-state index is 11.8. The van der Waals surface area contributed by atoms with E-state index in [0.717, 1.165) is 45.1 Å². The van der Waals surface area contributed by atoms with Gasteiger partial charge in [0.15, 0.2) is 6.19 Å². The summed E-state index contributed by atoms with van der Waals surface area (Å²) in [6.45, 7) is 0.765. The molecule has 1 N–H and O–H groups in total. The molecule has 0 spiro atoms. The van der Waals surface area contributed by atoms with E-state index < -0.39 is 0 Å². The summed E-state index contributed by atoms with van der Waals surface area (Å²) < 4.78 is 4.92. The second-order valence-electron chi connectivity index (χ2n) is 5.24. The monoisotopic (exact) mass is 222 g/mol. The fourth-order valence-electron chi connectivity index (χ4n) is 3.28. The number of ether oxygens (including phenoxy) is 1. The minimum atomic E-state index is -0.205. The highest BCUT2D eigenvalue weighted by molar-refractivity contribution is 5.77. The molecule has 0 amide bonds. The van der Waals surface area contributed by atoms with Crippen molar-refractivity contribution in [2.45, 2.75) is 38.5 Å². The normalized spacial score (nSPS) is 36.5. The molecule has 3 fully saturated rings. The Kier molecular flexibility index (Phi) is 2.79. The molecule has 2 bridgehead atoms. The molecular formula is C12H18N2O2. The Bertz CT molecular complexity index is 308. The zero-order chi connectivity index (χ0) is 11.6. The van der Waals surface area contributed by atoms with Gasteiger partial charge in [-0.25, -0.2) is 0 Å². The molecule has 0 radical (unpaired) electrons. The minimum absolute atomic E-state index is 0.0333. The van der Waals surface area contributed by atoms with Gasteiger partial charge in [-0.05, 0) is 43.9 Å². The lowest BCUT2D eigenvalue weighted by Gasteiger charge is -2.51. The quantitative estimate of drug-likeness (QED) is 0.447. The molecule has 3 rings (SSSR count). The van der Waals surface area contributed by atoms with Crippen molar-refractivity contribution in [3.8, 4) is 6.19 Å². The summed E-state index contributed by atoms with van der Waals surface area (Å²) in [6, 6.07) is 0. The number of methoxy groups -OCH3 is 1. The van der Waals surface area contributed by atoms with Crippen LogP contribution in [0.1, 0.15) is 38.5 Å². The number of hydrogen-bond acceptors (Lipinski definition) is 4. The van der Waals surface area contributed by atoms with Crippen LogP contribution >= 0.6 is 0 Å². The third kappa shape index (κ3) is 1.64. The Morgan fingerprint density at radius 2 is 1.88 bits per heavy atom. The first-order chi connectivity index (χ1) is 7.66. The van der Waals surface area contributed by atoms with Gasteiger partial charge in [0.25, 0.3) is 0 Å². The number of esters is 1. The lowest BCUT2D eigenvalue weighted by molar-refractivity contribution is -0.162. The molecule has 0 aliphatic heterocycles. The molecule has 3 saturated carbocycles. The lowest BCUT2D eigenvalue weighted by atomic mass is 9.53. The molecule has 88 valence electrons. The molecule has 3 aliphatic rings. The Morgan fingerprint density at radius 3 is 2.31 bits per heavy atom. The zero-order valence-electron chi connectivity index (χ0n) is 9.71. The Balaban J connectivity index is 2.03. The SMILES string of the molecule is COC(=O)C12CCC(CNC#N)(CC1)CC2. The average Bonchev–Trinajstić information content (AvgIpc) is 2.37. The summed E-state index contributed by atoms with van der Waals surface area (Å²) in [5, 5.41) is 11.3. The smallest absolute Gasteiger partial charge is 0.311 e. The molecule has 0 unspecified atom stereocenters. The highest BCUT2D eigenvalue weighted by Crippen LogP contribution is 2.56. The maximum atomic E-state index is 11.8. The number of carbonyl (C=O) groups is 1. The number of nitrogens with zero attached hydrogens (tertiary/aromatic N) is 1. The van der Waals surface area contributed by atoms with Crippen molar-refractivity contribution >= 4 is 5.97 Å². The second kappa shape index (κ2) is 3.97. The van der Waals surface area contributed by atoms with Gasteiger partial charge in [0.1, 0.15) is 0 Å².